The number of allylic oxidation sites excluding steroid dienone is 5. The number of hydrogen-bond acceptors (Lipinski definition) is 10. The van der Waals surface area contributed by atoms with Gasteiger partial charge in [-0.2, -0.15) is 0 Å². The van der Waals surface area contributed by atoms with E-state index in [-0.39, 0.29) is 103 Å². The summed E-state index contributed by atoms with van der Waals surface area (Å²) in [5, 5.41) is 0. The summed E-state index contributed by atoms with van der Waals surface area (Å²) in [6, 6.07) is 23.6. The first kappa shape index (κ1) is 50.4. The van der Waals surface area contributed by atoms with Gasteiger partial charge in [-0.05, 0) is 121 Å². The molecule has 1 aliphatic carbocycles. The summed E-state index contributed by atoms with van der Waals surface area (Å²) in [6.45, 7) is 9.71. The molecule has 0 heterocycles. The first-order valence-electron chi connectivity index (χ1n) is 16.6. The maximum atomic E-state index is 11.8. The average Bonchev–Trinajstić information content (AvgIpc) is 3.10. The van der Waals surface area contributed by atoms with Crippen molar-refractivity contribution in [2.75, 3.05) is 18.0 Å². The summed E-state index contributed by atoms with van der Waals surface area (Å²) in [4.78, 5) is 1.11. The van der Waals surface area contributed by atoms with Crippen molar-refractivity contribution in [1.82, 2.24) is 0 Å². The first-order valence-corrected chi connectivity index (χ1v) is 20.9. The molecule has 17 heteroatoms. The van der Waals surface area contributed by atoms with Crippen LogP contribution in [0.15, 0.2) is 135 Å². The predicted octanol–water partition coefficient (Wildman–Crippen LogP) is -3.26. The summed E-state index contributed by atoms with van der Waals surface area (Å²) >= 11 is 0. The fraction of sp³-hybridized carbons (Fsp3) is 0.205. The number of rotatable bonds is 12. The van der Waals surface area contributed by atoms with Gasteiger partial charge in [0.05, 0.1) is 14.7 Å². The second-order valence-corrected chi connectivity index (χ2v) is 16.7. The van der Waals surface area contributed by atoms with Crippen LogP contribution in [0.4, 0.5) is 5.69 Å². The van der Waals surface area contributed by atoms with Crippen LogP contribution in [0, 0.1) is 6.92 Å². The number of hydrogen-bond donors (Lipinski definition) is 0. The van der Waals surface area contributed by atoms with Gasteiger partial charge in [-0.15, -0.1) is 0 Å². The molecule has 0 saturated carbocycles. The number of nitrogens with zero attached hydrogens (tertiary/aromatic N) is 2. The van der Waals surface area contributed by atoms with E-state index in [1.54, 1.807) is 36.4 Å². The van der Waals surface area contributed by atoms with E-state index in [1.807, 2.05) is 73.6 Å². The Labute approximate surface area is 396 Å². The van der Waals surface area contributed by atoms with Crippen LogP contribution in [0.25, 0.3) is 5.57 Å². The standard InChI is InChI=1S/C39H40N2O9S3.3Na/c1-5-40(25-29-9-7-11-35(23-29)52(45,46)47)32-15-19-37(27(3)21-32)39(31-13-17-34(18-14-31)51(42,43)44)38-20-16-33(22-28(38)4)41(6-2)26-30-10-8-12-36(24-30)53(48,49)50;;;/h7-24H,5-6,25-26H2,1-4H3,(H2-,42,43,44,45,46,47,48,49,50);;;/q;3*+1/p-2. The van der Waals surface area contributed by atoms with Gasteiger partial charge in [0.2, 0.25) is 0 Å². The van der Waals surface area contributed by atoms with Crippen molar-refractivity contribution >= 4 is 47.3 Å². The average molecular weight is 844 g/mol. The molecule has 1 aliphatic rings. The molecule has 0 N–H and O–H groups in total. The van der Waals surface area contributed by atoms with Crippen molar-refractivity contribution in [1.29, 1.82) is 0 Å². The van der Waals surface area contributed by atoms with E-state index in [2.05, 4.69) is 0 Å². The van der Waals surface area contributed by atoms with Crippen LogP contribution in [0.5, 0.6) is 0 Å². The zero-order valence-electron chi connectivity index (χ0n) is 32.5. The third-order valence-corrected chi connectivity index (χ3v) is 11.5. The van der Waals surface area contributed by atoms with Crippen molar-refractivity contribution < 1.29 is 132 Å². The molecular formula is C39H38N2Na3O9S3+. The Hall–Kier alpha value is -1.70. The molecule has 278 valence electrons. The van der Waals surface area contributed by atoms with E-state index >= 15 is 0 Å². The Bertz CT molecular complexity index is 2540. The molecule has 0 amide bonds. The second kappa shape index (κ2) is 21.0. The van der Waals surface area contributed by atoms with Crippen molar-refractivity contribution in [2.45, 2.75) is 55.5 Å². The van der Waals surface area contributed by atoms with E-state index < -0.39 is 30.4 Å². The van der Waals surface area contributed by atoms with Crippen LogP contribution in [0.3, 0.4) is 0 Å². The Morgan fingerprint density at radius 2 is 1.21 bits per heavy atom. The number of benzene rings is 4. The topological polar surface area (TPSA) is 178 Å². The normalized spacial score (nSPS) is 14.7. The molecule has 0 atom stereocenters. The monoisotopic (exact) mass is 843 g/mol. The molecule has 0 aromatic heterocycles. The molecular weight excluding hydrogens is 806 g/mol. The molecule has 0 radical (unpaired) electrons. The molecule has 56 heavy (non-hydrogen) atoms. The van der Waals surface area contributed by atoms with E-state index in [0.717, 1.165) is 39.2 Å². The third kappa shape index (κ3) is 12.7. The molecule has 11 nitrogen and oxygen atoms in total. The van der Waals surface area contributed by atoms with Crippen LogP contribution in [0.1, 0.15) is 48.6 Å². The van der Waals surface area contributed by atoms with Crippen molar-refractivity contribution in [3.63, 3.8) is 0 Å². The van der Waals surface area contributed by atoms with Gasteiger partial charge in [0.1, 0.15) is 36.9 Å². The van der Waals surface area contributed by atoms with Crippen LogP contribution in [-0.4, -0.2) is 62.3 Å². The van der Waals surface area contributed by atoms with Crippen molar-refractivity contribution in [3.8, 4) is 0 Å². The summed E-state index contributed by atoms with van der Waals surface area (Å²) < 4.78 is 107. The fourth-order valence-corrected chi connectivity index (χ4v) is 7.86. The predicted molar refractivity (Wildman–Crippen MR) is 200 cm³/mol. The summed E-state index contributed by atoms with van der Waals surface area (Å²) in [6.07, 6.45) is 5.90. The molecule has 0 aliphatic heterocycles. The Kier molecular flexibility index (Phi) is 18.9. The minimum absolute atomic E-state index is 0. The van der Waals surface area contributed by atoms with E-state index in [4.69, 9.17) is 0 Å². The third-order valence-electron chi connectivity index (χ3n) is 9.01. The van der Waals surface area contributed by atoms with E-state index in [9.17, 15) is 38.9 Å². The van der Waals surface area contributed by atoms with Gasteiger partial charge in [-0.25, -0.2) is 29.8 Å². The fourth-order valence-electron chi connectivity index (χ4n) is 6.31. The molecule has 4 aromatic rings. The molecule has 5 rings (SSSR count). The molecule has 0 spiro atoms. The summed E-state index contributed by atoms with van der Waals surface area (Å²) in [5.41, 5.74) is 7.97. The van der Waals surface area contributed by atoms with Gasteiger partial charge < -0.3 is 18.6 Å². The Morgan fingerprint density at radius 3 is 1.71 bits per heavy atom. The molecule has 4 aromatic carbocycles. The van der Waals surface area contributed by atoms with Crippen LogP contribution in [-0.2, 0) is 43.4 Å². The number of anilines is 1. The molecule has 0 bridgehead atoms. The molecule has 0 fully saturated rings. The Balaban J connectivity index is 0.00000361. The SMILES string of the molecule is CCN(Cc1cccc(S(=O)(=O)[O-])c1)c1ccc(/C(=C2/C=CC(=[N+](CC)Cc3cccc(S(=O)(=O)[O-])c3)C=C2C)c2ccc(S(=O)(=O)[O-])cc2)c(C)c1.[Na+].[Na+].[Na+]. The minimum atomic E-state index is -4.67. The zero-order chi connectivity index (χ0) is 38.7. The first-order chi connectivity index (χ1) is 24.9. The van der Waals surface area contributed by atoms with Gasteiger partial charge in [0, 0.05) is 36.5 Å². The second-order valence-electron chi connectivity index (χ2n) is 12.6. The van der Waals surface area contributed by atoms with Gasteiger partial charge in [0.15, 0.2) is 12.3 Å². The van der Waals surface area contributed by atoms with E-state index in [0.29, 0.717) is 42.9 Å². The smallest absolute Gasteiger partial charge is 0.744 e. The van der Waals surface area contributed by atoms with Gasteiger partial charge in [0.25, 0.3) is 0 Å². The molecule has 0 unspecified atom stereocenters. The summed E-state index contributed by atoms with van der Waals surface area (Å²) in [5.74, 6) is 0. The van der Waals surface area contributed by atoms with Crippen LogP contribution >= 0.6 is 0 Å². The summed E-state index contributed by atoms with van der Waals surface area (Å²) in [7, 11) is -13.9. The largest absolute Gasteiger partial charge is 1.00 e. The van der Waals surface area contributed by atoms with Gasteiger partial charge in [-0.1, -0.05) is 42.5 Å². The van der Waals surface area contributed by atoms with E-state index in [1.165, 1.54) is 36.4 Å². The maximum Gasteiger partial charge on any atom is 1.00 e. The van der Waals surface area contributed by atoms with Crippen molar-refractivity contribution in [2.24, 2.45) is 0 Å². The Morgan fingerprint density at radius 1 is 0.661 bits per heavy atom. The zero-order valence-corrected chi connectivity index (χ0v) is 41.0. The number of aryl methyl sites for hydroxylation is 1. The minimum Gasteiger partial charge on any atom is -0.744 e. The quantitative estimate of drug-likeness (QED) is 0.0800. The van der Waals surface area contributed by atoms with Crippen LogP contribution < -0.4 is 93.6 Å². The van der Waals surface area contributed by atoms with Crippen molar-refractivity contribution in [3.05, 3.63) is 148 Å². The van der Waals surface area contributed by atoms with Gasteiger partial charge in [-0.3, -0.25) is 0 Å². The maximum absolute atomic E-state index is 11.8. The van der Waals surface area contributed by atoms with Crippen LogP contribution in [0.2, 0.25) is 0 Å². The van der Waals surface area contributed by atoms with Gasteiger partial charge >= 0.3 is 88.7 Å². The molecule has 0 saturated heterocycles.